The summed E-state index contributed by atoms with van der Waals surface area (Å²) in [5, 5.41) is 0. The maximum absolute atomic E-state index is 2.93. The van der Waals surface area contributed by atoms with Gasteiger partial charge in [-0.1, -0.05) is 68.1 Å². The Morgan fingerprint density at radius 1 is 0.933 bits per heavy atom. The fourth-order valence-corrected chi connectivity index (χ4v) is 0.911. The zero-order chi connectivity index (χ0) is 11.2. The van der Waals surface area contributed by atoms with E-state index in [0.717, 1.165) is 6.42 Å². The normalized spacial score (nSPS) is 11.9. The molecule has 0 radical (unpaired) electrons. The molecule has 0 saturated heterocycles. The van der Waals surface area contributed by atoms with Gasteiger partial charge in [-0.2, -0.15) is 0 Å². The molecule has 0 heterocycles. The molecule has 0 atom stereocenters. The maximum Gasteiger partial charge on any atom is -0.0115 e. The molecule has 0 rings (SSSR count). The first kappa shape index (κ1) is 13.5. The van der Waals surface area contributed by atoms with E-state index >= 15 is 0 Å². The van der Waals surface area contributed by atoms with Crippen LogP contribution in [0.25, 0.3) is 0 Å². The zero-order valence-electron chi connectivity index (χ0n) is 9.74. The Morgan fingerprint density at radius 2 is 1.60 bits per heavy atom. The molecule has 0 aliphatic rings. The van der Waals surface area contributed by atoms with E-state index < -0.39 is 0 Å². The van der Waals surface area contributed by atoms with Crippen molar-refractivity contribution in [2.24, 2.45) is 0 Å². The number of allylic oxidation sites excluding steroid dienone is 8. The van der Waals surface area contributed by atoms with Crippen molar-refractivity contribution < 1.29 is 0 Å². The Balaban J connectivity index is 3.64. The van der Waals surface area contributed by atoms with Gasteiger partial charge in [0.2, 0.25) is 0 Å². The van der Waals surface area contributed by atoms with Gasteiger partial charge in [0, 0.05) is 0 Å². The fourth-order valence-electron chi connectivity index (χ4n) is 0.911. The zero-order valence-corrected chi connectivity index (χ0v) is 9.74. The third-order valence-corrected chi connectivity index (χ3v) is 1.72. The fraction of sp³-hybridized carbons (Fsp3) is 0.333. The summed E-state index contributed by atoms with van der Waals surface area (Å²) < 4.78 is 0. The number of hydrogen-bond donors (Lipinski definition) is 0. The predicted octanol–water partition coefficient (Wildman–Crippen LogP) is 4.42. The third kappa shape index (κ3) is 12.5. The van der Waals surface area contributed by atoms with Crippen LogP contribution in [0, 0.1) is 11.8 Å². The molecule has 15 heavy (non-hydrogen) atoms. The van der Waals surface area contributed by atoms with Crippen LogP contribution >= 0.6 is 0 Å². The number of rotatable bonds is 5. The molecule has 0 aromatic heterocycles. The largest absolute Gasteiger partial charge is 0.0876 e. The molecule has 0 aliphatic heterocycles. The minimum absolute atomic E-state index is 1.16. The quantitative estimate of drug-likeness (QED) is 0.350. The van der Waals surface area contributed by atoms with Gasteiger partial charge in [-0.15, -0.1) is 0 Å². The van der Waals surface area contributed by atoms with Crippen LogP contribution in [0.3, 0.4) is 0 Å². The van der Waals surface area contributed by atoms with E-state index in [4.69, 9.17) is 0 Å². The third-order valence-electron chi connectivity index (χ3n) is 1.72. The predicted molar refractivity (Wildman–Crippen MR) is 69.5 cm³/mol. The molecule has 0 saturated carbocycles. The van der Waals surface area contributed by atoms with Gasteiger partial charge in [0.1, 0.15) is 0 Å². The molecule has 0 bridgehead atoms. The summed E-state index contributed by atoms with van der Waals surface area (Å²) >= 11 is 0. The lowest BCUT2D eigenvalue weighted by Crippen LogP contribution is -1.64. The molecule has 0 aliphatic carbocycles. The highest BCUT2D eigenvalue weighted by Crippen LogP contribution is 1.94. The van der Waals surface area contributed by atoms with Gasteiger partial charge in [-0.3, -0.25) is 0 Å². The molecule has 0 amide bonds. The lowest BCUT2D eigenvalue weighted by molar-refractivity contribution is 0.815. The van der Waals surface area contributed by atoms with Gasteiger partial charge in [-0.05, 0) is 25.5 Å². The first-order chi connectivity index (χ1) is 7.41. The van der Waals surface area contributed by atoms with Gasteiger partial charge in [0.25, 0.3) is 0 Å². The first-order valence-corrected chi connectivity index (χ1v) is 5.52. The number of unbranched alkanes of at least 4 members (excludes halogenated alkanes) is 2. The van der Waals surface area contributed by atoms with Crippen LogP contribution in [-0.4, -0.2) is 0 Å². The van der Waals surface area contributed by atoms with E-state index in [2.05, 4.69) is 30.9 Å². The lowest BCUT2D eigenvalue weighted by atomic mass is 10.2. The topological polar surface area (TPSA) is 0 Å². The van der Waals surface area contributed by atoms with E-state index in [9.17, 15) is 0 Å². The summed E-state index contributed by atoms with van der Waals surface area (Å²) in [6.45, 7) is 4.19. The Labute approximate surface area is 94.1 Å². The van der Waals surface area contributed by atoms with Crippen molar-refractivity contribution in [3.05, 3.63) is 48.6 Å². The molecular weight excluding hydrogens is 180 g/mol. The standard InChI is InChI=1S/C15H20/c1-3-5-7-9-11-13-15-14-12-10-8-6-4-2/h3,5,7,9-10,12,14-15H,4,6,8H2,1-2H3. The van der Waals surface area contributed by atoms with Gasteiger partial charge in [0.05, 0.1) is 0 Å². The minimum atomic E-state index is 1.16. The molecular formula is C15H20. The summed E-state index contributed by atoms with van der Waals surface area (Å²) in [6, 6.07) is 0. The Hall–Kier alpha value is -1.48. The summed E-state index contributed by atoms with van der Waals surface area (Å²) in [6.07, 6.45) is 19.5. The highest BCUT2D eigenvalue weighted by Gasteiger charge is 1.74. The van der Waals surface area contributed by atoms with Crippen LogP contribution in [0.1, 0.15) is 33.1 Å². The van der Waals surface area contributed by atoms with E-state index in [1.807, 2.05) is 43.4 Å². The molecule has 80 valence electrons. The summed E-state index contributed by atoms with van der Waals surface area (Å²) in [7, 11) is 0. The molecule has 0 aromatic carbocycles. The van der Waals surface area contributed by atoms with Crippen molar-refractivity contribution in [1.29, 1.82) is 0 Å². The van der Waals surface area contributed by atoms with Crippen LogP contribution in [0.5, 0.6) is 0 Å². The average molecular weight is 200 g/mol. The first-order valence-electron chi connectivity index (χ1n) is 5.52. The van der Waals surface area contributed by atoms with Crippen molar-refractivity contribution in [3.63, 3.8) is 0 Å². The van der Waals surface area contributed by atoms with Crippen LogP contribution in [0.4, 0.5) is 0 Å². The summed E-state index contributed by atoms with van der Waals surface area (Å²) in [5.74, 6) is 5.85. The van der Waals surface area contributed by atoms with Crippen LogP contribution in [-0.2, 0) is 0 Å². The maximum atomic E-state index is 2.93. The molecule has 0 heteroatoms. The molecule has 0 N–H and O–H groups in total. The molecule has 0 aromatic rings. The van der Waals surface area contributed by atoms with Gasteiger partial charge in [-0.25, -0.2) is 0 Å². The second-order valence-electron chi connectivity index (χ2n) is 3.10. The highest BCUT2D eigenvalue weighted by molar-refractivity contribution is 5.27. The summed E-state index contributed by atoms with van der Waals surface area (Å²) in [5.41, 5.74) is 0. The van der Waals surface area contributed by atoms with Gasteiger partial charge >= 0.3 is 0 Å². The molecule has 0 unspecified atom stereocenters. The second-order valence-corrected chi connectivity index (χ2v) is 3.10. The molecule has 0 nitrogen and oxygen atoms in total. The average Bonchev–Trinajstić information content (AvgIpc) is 2.26. The molecule has 0 spiro atoms. The Morgan fingerprint density at radius 3 is 2.20 bits per heavy atom. The molecule has 0 fully saturated rings. The van der Waals surface area contributed by atoms with Crippen LogP contribution in [0.15, 0.2) is 48.6 Å². The highest BCUT2D eigenvalue weighted by atomic mass is 13.8. The van der Waals surface area contributed by atoms with E-state index in [1.165, 1.54) is 12.8 Å². The van der Waals surface area contributed by atoms with E-state index in [0.29, 0.717) is 0 Å². The smallest absolute Gasteiger partial charge is 0.0115 e. The Kier molecular flexibility index (Phi) is 11.3. The second kappa shape index (κ2) is 12.5. The van der Waals surface area contributed by atoms with Crippen molar-refractivity contribution in [3.8, 4) is 11.8 Å². The van der Waals surface area contributed by atoms with Crippen molar-refractivity contribution in [2.45, 2.75) is 33.1 Å². The summed E-state index contributed by atoms with van der Waals surface area (Å²) in [4.78, 5) is 0. The van der Waals surface area contributed by atoms with E-state index in [-0.39, 0.29) is 0 Å². The Bertz CT molecular complexity index is 290. The van der Waals surface area contributed by atoms with Crippen molar-refractivity contribution >= 4 is 0 Å². The van der Waals surface area contributed by atoms with Crippen molar-refractivity contribution in [1.82, 2.24) is 0 Å². The monoisotopic (exact) mass is 200 g/mol. The van der Waals surface area contributed by atoms with Crippen molar-refractivity contribution in [2.75, 3.05) is 0 Å². The van der Waals surface area contributed by atoms with Crippen LogP contribution < -0.4 is 0 Å². The van der Waals surface area contributed by atoms with E-state index in [1.54, 1.807) is 0 Å². The minimum Gasteiger partial charge on any atom is -0.0876 e. The number of hydrogen-bond acceptors (Lipinski definition) is 0. The van der Waals surface area contributed by atoms with Gasteiger partial charge in [0.15, 0.2) is 0 Å². The SMILES string of the molecule is CC=CC=CC#CC=CC=CCCCC. The lowest BCUT2D eigenvalue weighted by Gasteiger charge is -1.84. The van der Waals surface area contributed by atoms with Crippen LogP contribution in [0.2, 0.25) is 0 Å². The van der Waals surface area contributed by atoms with Gasteiger partial charge < -0.3 is 0 Å².